The second kappa shape index (κ2) is 13.4. The molecule has 0 spiro atoms. The maximum Gasteiger partial charge on any atom is 0.145 e. The number of hydrogen-bond donors (Lipinski definition) is 0. The van der Waals surface area contributed by atoms with E-state index in [9.17, 15) is 0 Å². The minimum atomic E-state index is 0.863. The Hall–Kier alpha value is -7.16. The van der Waals surface area contributed by atoms with Crippen LogP contribution in [-0.4, -0.2) is 0 Å². The molecule has 2 nitrogen and oxygen atoms in total. The molecule has 10 rings (SSSR count). The van der Waals surface area contributed by atoms with Crippen molar-refractivity contribution in [3.05, 3.63) is 212 Å². The Bertz CT molecular complexity index is 2920. The van der Waals surface area contributed by atoms with E-state index in [1.54, 1.807) is 0 Å². The number of benzene rings is 9. The first kappa shape index (κ1) is 31.6. The molecule has 1 aromatic heterocycles. The minimum Gasteiger partial charge on any atom is -0.455 e. The zero-order valence-electron chi connectivity index (χ0n) is 29.6. The Kier molecular flexibility index (Phi) is 7.85. The van der Waals surface area contributed by atoms with Crippen molar-refractivity contribution in [1.82, 2.24) is 0 Å². The molecular weight excluding hydrogens is 655 g/mol. The molecule has 0 aliphatic heterocycles. The predicted octanol–water partition coefficient (Wildman–Crippen LogP) is 14.9. The van der Waals surface area contributed by atoms with Crippen molar-refractivity contribution in [2.24, 2.45) is 0 Å². The molecule has 0 N–H and O–H groups in total. The summed E-state index contributed by atoms with van der Waals surface area (Å²) in [4.78, 5) is 2.44. The van der Waals surface area contributed by atoms with Crippen LogP contribution in [0.2, 0.25) is 0 Å². The van der Waals surface area contributed by atoms with E-state index >= 15 is 0 Å². The third-order valence-electron chi connectivity index (χ3n) is 10.5. The molecular formula is C52H35NO. The Balaban J connectivity index is 1.26. The average molecular weight is 690 g/mol. The van der Waals surface area contributed by atoms with E-state index in [1.165, 1.54) is 21.9 Å². The Labute approximate surface area is 314 Å². The quantitative estimate of drug-likeness (QED) is 0.166. The van der Waals surface area contributed by atoms with Crippen LogP contribution in [0.5, 0.6) is 0 Å². The molecule has 9 aromatic carbocycles. The van der Waals surface area contributed by atoms with Crippen LogP contribution in [0, 0.1) is 0 Å². The van der Waals surface area contributed by atoms with Crippen LogP contribution in [0.15, 0.2) is 217 Å². The fourth-order valence-electron chi connectivity index (χ4n) is 7.97. The molecule has 0 fully saturated rings. The summed E-state index contributed by atoms with van der Waals surface area (Å²) >= 11 is 0. The highest BCUT2D eigenvalue weighted by Crippen LogP contribution is 2.50. The van der Waals surface area contributed by atoms with Gasteiger partial charge in [-0.2, -0.15) is 0 Å². The van der Waals surface area contributed by atoms with Crippen LogP contribution in [-0.2, 0) is 0 Å². The molecule has 0 radical (unpaired) electrons. The number of furan rings is 1. The second-order valence-corrected chi connectivity index (χ2v) is 13.6. The SMILES string of the molecule is c1ccc(-c2ccc(-c3ccccc3N(c3ccccc3-c3ccccc3)c3ccc(-c4cccc5ccccc45)c4oc5ccccc5c34)cc2)cc1. The molecule has 0 atom stereocenters. The van der Waals surface area contributed by atoms with Crippen molar-refractivity contribution in [2.45, 2.75) is 0 Å². The summed E-state index contributed by atoms with van der Waals surface area (Å²) in [6, 6.07) is 75.8. The number of nitrogens with zero attached hydrogens (tertiary/aromatic N) is 1. The van der Waals surface area contributed by atoms with Crippen LogP contribution in [0.4, 0.5) is 17.1 Å². The summed E-state index contributed by atoms with van der Waals surface area (Å²) in [5, 5.41) is 4.56. The first-order chi connectivity index (χ1) is 26.8. The first-order valence-electron chi connectivity index (χ1n) is 18.4. The topological polar surface area (TPSA) is 16.4 Å². The van der Waals surface area contributed by atoms with E-state index in [1.807, 2.05) is 0 Å². The molecule has 10 aromatic rings. The van der Waals surface area contributed by atoms with Gasteiger partial charge in [-0.15, -0.1) is 0 Å². The van der Waals surface area contributed by atoms with Gasteiger partial charge in [0.15, 0.2) is 0 Å². The lowest BCUT2D eigenvalue weighted by Crippen LogP contribution is -2.13. The number of fused-ring (bicyclic) bond motifs is 4. The number of para-hydroxylation sites is 3. The lowest BCUT2D eigenvalue weighted by atomic mass is 9.94. The first-order valence-corrected chi connectivity index (χ1v) is 18.4. The molecule has 0 bridgehead atoms. The van der Waals surface area contributed by atoms with Gasteiger partial charge in [-0.3, -0.25) is 0 Å². The summed E-state index contributed by atoms with van der Waals surface area (Å²) in [6.45, 7) is 0. The molecule has 0 aliphatic carbocycles. The molecule has 0 aliphatic rings. The van der Waals surface area contributed by atoms with Crippen LogP contribution < -0.4 is 4.90 Å². The summed E-state index contributed by atoms with van der Waals surface area (Å²) in [7, 11) is 0. The van der Waals surface area contributed by atoms with Crippen molar-refractivity contribution in [3.8, 4) is 44.5 Å². The van der Waals surface area contributed by atoms with Gasteiger partial charge in [0.2, 0.25) is 0 Å². The summed E-state index contributed by atoms with van der Waals surface area (Å²) < 4.78 is 6.91. The van der Waals surface area contributed by atoms with Crippen LogP contribution in [0.3, 0.4) is 0 Å². The van der Waals surface area contributed by atoms with E-state index in [4.69, 9.17) is 4.42 Å². The Morgan fingerprint density at radius 3 is 1.52 bits per heavy atom. The van der Waals surface area contributed by atoms with Crippen molar-refractivity contribution >= 4 is 49.8 Å². The number of hydrogen-bond acceptors (Lipinski definition) is 2. The molecule has 254 valence electrons. The maximum atomic E-state index is 6.91. The normalized spacial score (nSPS) is 11.3. The highest BCUT2D eigenvalue weighted by Gasteiger charge is 2.26. The average Bonchev–Trinajstić information content (AvgIpc) is 3.65. The number of rotatable bonds is 7. The Morgan fingerprint density at radius 2 is 0.796 bits per heavy atom. The molecule has 0 unspecified atom stereocenters. The molecule has 1 heterocycles. The fraction of sp³-hybridized carbons (Fsp3) is 0. The van der Waals surface area contributed by atoms with Gasteiger partial charge in [0.05, 0.1) is 22.4 Å². The van der Waals surface area contributed by atoms with Gasteiger partial charge in [-0.1, -0.05) is 182 Å². The van der Waals surface area contributed by atoms with Crippen molar-refractivity contribution < 1.29 is 4.42 Å². The van der Waals surface area contributed by atoms with Gasteiger partial charge in [0.25, 0.3) is 0 Å². The summed E-state index contributed by atoms with van der Waals surface area (Å²) in [6.07, 6.45) is 0. The third-order valence-corrected chi connectivity index (χ3v) is 10.5. The summed E-state index contributed by atoms with van der Waals surface area (Å²) in [5.74, 6) is 0. The van der Waals surface area contributed by atoms with Gasteiger partial charge in [0.1, 0.15) is 11.2 Å². The van der Waals surface area contributed by atoms with Gasteiger partial charge >= 0.3 is 0 Å². The van der Waals surface area contributed by atoms with Crippen molar-refractivity contribution in [1.29, 1.82) is 0 Å². The van der Waals surface area contributed by atoms with Crippen LogP contribution >= 0.6 is 0 Å². The van der Waals surface area contributed by atoms with E-state index in [0.717, 1.165) is 72.4 Å². The highest BCUT2D eigenvalue weighted by atomic mass is 16.3. The third kappa shape index (κ3) is 5.44. The van der Waals surface area contributed by atoms with E-state index in [-0.39, 0.29) is 0 Å². The van der Waals surface area contributed by atoms with Crippen molar-refractivity contribution in [3.63, 3.8) is 0 Å². The standard InChI is InChI=1S/C52H35NO/c1-3-16-36(17-4-1)37-30-32-40(33-31-37)43-24-10-13-28-48(43)53(47-27-12-9-23-42(47)39-18-5-2-6-19-39)49-35-34-45(44-26-15-21-38-20-7-8-22-41(38)44)52-51(49)46-25-11-14-29-50(46)54-52/h1-35H. The zero-order chi connectivity index (χ0) is 35.8. The van der Waals surface area contributed by atoms with Gasteiger partial charge in [-0.25, -0.2) is 0 Å². The molecule has 0 amide bonds. The molecule has 0 saturated carbocycles. The van der Waals surface area contributed by atoms with Crippen LogP contribution in [0.1, 0.15) is 0 Å². The predicted molar refractivity (Wildman–Crippen MR) is 228 cm³/mol. The molecule has 0 saturated heterocycles. The molecule has 54 heavy (non-hydrogen) atoms. The largest absolute Gasteiger partial charge is 0.455 e. The van der Waals surface area contributed by atoms with E-state index in [2.05, 4.69) is 217 Å². The highest BCUT2D eigenvalue weighted by molar-refractivity contribution is 6.19. The Morgan fingerprint density at radius 1 is 0.296 bits per heavy atom. The lowest BCUT2D eigenvalue weighted by molar-refractivity contribution is 0.670. The van der Waals surface area contributed by atoms with Crippen LogP contribution in [0.25, 0.3) is 77.2 Å². The maximum absolute atomic E-state index is 6.91. The fourth-order valence-corrected chi connectivity index (χ4v) is 7.97. The second-order valence-electron chi connectivity index (χ2n) is 13.6. The molecule has 2 heteroatoms. The van der Waals surface area contributed by atoms with E-state index in [0.29, 0.717) is 0 Å². The number of anilines is 3. The lowest BCUT2D eigenvalue weighted by Gasteiger charge is -2.30. The smallest absolute Gasteiger partial charge is 0.145 e. The monoisotopic (exact) mass is 689 g/mol. The zero-order valence-corrected chi connectivity index (χ0v) is 29.6. The summed E-state index contributed by atoms with van der Waals surface area (Å²) in [5.41, 5.74) is 14.2. The van der Waals surface area contributed by atoms with E-state index < -0.39 is 0 Å². The minimum absolute atomic E-state index is 0.863. The van der Waals surface area contributed by atoms with Gasteiger partial charge in [-0.05, 0) is 68.9 Å². The van der Waals surface area contributed by atoms with Gasteiger partial charge < -0.3 is 9.32 Å². The van der Waals surface area contributed by atoms with Gasteiger partial charge in [0, 0.05) is 22.1 Å². The van der Waals surface area contributed by atoms with Crippen molar-refractivity contribution in [2.75, 3.05) is 4.90 Å².